The smallest absolute Gasteiger partial charge is 0.334 e. The number of ether oxygens (including phenoxy) is 1. The maximum atomic E-state index is 11.7. The Balaban J connectivity index is 2.06. The molecule has 3 aliphatic rings. The van der Waals surface area contributed by atoms with Gasteiger partial charge < -0.3 is 9.84 Å². The Hall–Kier alpha value is -1.09. The van der Waals surface area contributed by atoms with Gasteiger partial charge in [0.25, 0.3) is 0 Å². The van der Waals surface area contributed by atoms with Gasteiger partial charge >= 0.3 is 5.97 Å². The van der Waals surface area contributed by atoms with Gasteiger partial charge in [0.2, 0.25) is 0 Å². The maximum Gasteiger partial charge on any atom is 0.334 e. The quantitative estimate of drug-likeness (QED) is 0.406. The first-order valence-electron chi connectivity index (χ1n) is 6.70. The first-order chi connectivity index (χ1) is 8.42. The number of hydrogen-bond donors (Lipinski definition) is 1. The standard InChI is InChI=1S/C15H20O3/c1-8-6-10(16)7-15(3)5-4-11-9(2)14(17)18-13(11)12(8)15/h10-11,13,16H,2,4-7H2,1,3H3. The van der Waals surface area contributed by atoms with E-state index < -0.39 is 0 Å². The van der Waals surface area contributed by atoms with Gasteiger partial charge in [0.15, 0.2) is 0 Å². The van der Waals surface area contributed by atoms with Crippen LogP contribution in [0.1, 0.15) is 39.5 Å². The third kappa shape index (κ3) is 1.50. The van der Waals surface area contributed by atoms with Crippen LogP contribution in [0, 0.1) is 11.3 Å². The molecule has 0 aromatic rings. The molecule has 1 N–H and O–H groups in total. The van der Waals surface area contributed by atoms with Crippen molar-refractivity contribution in [2.24, 2.45) is 11.3 Å². The number of esters is 1. The molecule has 0 radical (unpaired) electrons. The highest BCUT2D eigenvalue weighted by Crippen LogP contribution is 2.55. The lowest BCUT2D eigenvalue weighted by atomic mass is 9.59. The lowest BCUT2D eigenvalue weighted by Crippen LogP contribution is -2.42. The van der Waals surface area contributed by atoms with Crippen molar-refractivity contribution < 1.29 is 14.6 Å². The van der Waals surface area contributed by atoms with Crippen LogP contribution < -0.4 is 0 Å². The minimum atomic E-state index is -0.254. The lowest BCUT2D eigenvalue weighted by molar-refractivity contribution is -0.138. The van der Waals surface area contributed by atoms with Crippen molar-refractivity contribution in [3.05, 3.63) is 23.3 Å². The molecule has 0 spiro atoms. The van der Waals surface area contributed by atoms with E-state index >= 15 is 0 Å². The molecule has 3 rings (SSSR count). The topological polar surface area (TPSA) is 46.5 Å². The van der Waals surface area contributed by atoms with Crippen molar-refractivity contribution in [1.29, 1.82) is 0 Å². The molecule has 18 heavy (non-hydrogen) atoms. The number of rotatable bonds is 0. The third-order valence-corrected chi connectivity index (χ3v) is 4.94. The van der Waals surface area contributed by atoms with Crippen LogP contribution in [0.3, 0.4) is 0 Å². The number of aliphatic hydroxyl groups excluding tert-OH is 1. The van der Waals surface area contributed by atoms with Crippen LogP contribution in [-0.2, 0) is 9.53 Å². The highest BCUT2D eigenvalue weighted by molar-refractivity contribution is 5.91. The molecular weight excluding hydrogens is 228 g/mol. The summed E-state index contributed by atoms with van der Waals surface area (Å²) in [6.45, 7) is 8.13. The molecule has 1 saturated carbocycles. The van der Waals surface area contributed by atoms with Crippen molar-refractivity contribution in [3.8, 4) is 0 Å². The molecular formula is C15H20O3. The molecule has 3 nitrogen and oxygen atoms in total. The number of hydrogen-bond acceptors (Lipinski definition) is 3. The Morgan fingerprint density at radius 2 is 2.22 bits per heavy atom. The van der Waals surface area contributed by atoms with E-state index in [1.807, 2.05) is 0 Å². The fourth-order valence-electron chi connectivity index (χ4n) is 4.17. The van der Waals surface area contributed by atoms with Crippen LogP contribution in [0.15, 0.2) is 23.3 Å². The van der Waals surface area contributed by atoms with Crippen LogP contribution in [-0.4, -0.2) is 23.3 Å². The second-order valence-corrected chi connectivity index (χ2v) is 6.31. The Morgan fingerprint density at radius 3 is 2.94 bits per heavy atom. The van der Waals surface area contributed by atoms with E-state index in [1.54, 1.807) is 0 Å². The van der Waals surface area contributed by atoms with E-state index in [4.69, 9.17) is 4.74 Å². The molecule has 98 valence electrons. The van der Waals surface area contributed by atoms with Gasteiger partial charge in [-0.05, 0) is 43.6 Å². The van der Waals surface area contributed by atoms with Crippen molar-refractivity contribution >= 4 is 5.97 Å². The molecule has 2 aliphatic carbocycles. The van der Waals surface area contributed by atoms with Gasteiger partial charge in [-0.25, -0.2) is 4.79 Å². The van der Waals surface area contributed by atoms with Gasteiger partial charge in [-0.3, -0.25) is 0 Å². The minimum Gasteiger partial charge on any atom is -0.454 e. The fourth-order valence-corrected chi connectivity index (χ4v) is 4.17. The van der Waals surface area contributed by atoms with Gasteiger partial charge in [-0.15, -0.1) is 0 Å². The molecule has 1 aliphatic heterocycles. The number of fused-ring (bicyclic) bond motifs is 3. The Bertz CT molecular complexity index is 462. The summed E-state index contributed by atoms with van der Waals surface area (Å²) < 4.78 is 5.54. The first kappa shape index (κ1) is 12.0. The van der Waals surface area contributed by atoms with E-state index in [2.05, 4.69) is 20.4 Å². The Morgan fingerprint density at radius 1 is 1.50 bits per heavy atom. The summed E-state index contributed by atoms with van der Waals surface area (Å²) in [5.74, 6) is -0.0774. The van der Waals surface area contributed by atoms with Gasteiger partial charge in [0.1, 0.15) is 6.10 Å². The largest absolute Gasteiger partial charge is 0.454 e. The van der Waals surface area contributed by atoms with E-state index in [9.17, 15) is 9.90 Å². The lowest BCUT2D eigenvalue weighted by Gasteiger charge is -2.46. The van der Waals surface area contributed by atoms with E-state index in [1.165, 1.54) is 11.1 Å². The number of carbonyl (C=O) groups is 1. The SMILES string of the molecule is C=C1C(=O)OC2C3=C(C)CC(O)CC3(C)CCC12. The second kappa shape index (κ2) is 3.70. The van der Waals surface area contributed by atoms with Crippen molar-refractivity contribution in [1.82, 2.24) is 0 Å². The number of carbonyl (C=O) groups excluding carboxylic acids is 1. The summed E-state index contributed by atoms with van der Waals surface area (Å²) in [7, 11) is 0. The Labute approximate surface area is 108 Å². The van der Waals surface area contributed by atoms with Gasteiger partial charge in [0.05, 0.1) is 6.10 Å². The highest BCUT2D eigenvalue weighted by atomic mass is 16.6. The zero-order chi connectivity index (χ0) is 13.1. The minimum absolute atomic E-state index is 0.00613. The molecule has 0 bridgehead atoms. The number of aliphatic hydroxyl groups is 1. The van der Waals surface area contributed by atoms with Crippen molar-refractivity contribution in [2.75, 3.05) is 0 Å². The van der Waals surface area contributed by atoms with E-state index in [0.717, 1.165) is 19.3 Å². The highest BCUT2D eigenvalue weighted by Gasteiger charge is 2.52. The van der Waals surface area contributed by atoms with Gasteiger partial charge in [-0.2, -0.15) is 0 Å². The second-order valence-electron chi connectivity index (χ2n) is 6.31. The Kier molecular flexibility index (Phi) is 2.46. The zero-order valence-corrected chi connectivity index (χ0v) is 11.0. The summed E-state index contributed by atoms with van der Waals surface area (Å²) in [6.07, 6.45) is 3.07. The zero-order valence-electron chi connectivity index (χ0n) is 11.0. The summed E-state index contributed by atoms with van der Waals surface area (Å²) in [5, 5.41) is 9.97. The van der Waals surface area contributed by atoms with Crippen molar-refractivity contribution in [3.63, 3.8) is 0 Å². The summed E-state index contributed by atoms with van der Waals surface area (Å²) in [5.41, 5.74) is 3.09. The van der Waals surface area contributed by atoms with Crippen LogP contribution in [0.2, 0.25) is 0 Å². The fraction of sp³-hybridized carbons (Fsp3) is 0.667. The average Bonchev–Trinajstić information content (AvgIpc) is 2.52. The molecule has 0 aromatic carbocycles. The maximum absolute atomic E-state index is 11.7. The predicted molar refractivity (Wildman–Crippen MR) is 67.8 cm³/mol. The average molecular weight is 248 g/mol. The van der Waals surface area contributed by atoms with Crippen LogP contribution in [0.25, 0.3) is 0 Å². The van der Waals surface area contributed by atoms with Gasteiger partial charge in [-0.1, -0.05) is 19.1 Å². The molecule has 4 atom stereocenters. The molecule has 0 amide bonds. The van der Waals surface area contributed by atoms with Crippen LogP contribution >= 0.6 is 0 Å². The van der Waals surface area contributed by atoms with Crippen LogP contribution in [0.5, 0.6) is 0 Å². The summed E-state index contributed by atoms with van der Waals surface area (Å²) in [6, 6.07) is 0. The predicted octanol–water partition coefficient (Wildman–Crippen LogP) is 2.36. The van der Waals surface area contributed by atoms with E-state index in [-0.39, 0.29) is 29.5 Å². The van der Waals surface area contributed by atoms with Gasteiger partial charge in [0, 0.05) is 11.5 Å². The first-order valence-corrected chi connectivity index (χ1v) is 6.70. The van der Waals surface area contributed by atoms with E-state index in [0.29, 0.717) is 12.0 Å². The molecule has 2 fully saturated rings. The summed E-state index contributed by atoms with van der Waals surface area (Å²) >= 11 is 0. The monoisotopic (exact) mass is 248 g/mol. The normalized spacial score (nSPS) is 43.6. The van der Waals surface area contributed by atoms with Crippen LogP contribution in [0.4, 0.5) is 0 Å². The molecule has 3 heteroatoms. The molecule has 1 heterocycles. The third-order valence-electron chi connectivity index (χ3n) is 4.94. The molecule has 0 aromatic heterocycles. The molecule has 1 saturated heterocycles. The molecule has 4 unspecified atom stereocenters. The summed E-state index contributed by atoms with van der Waals surface area (Å²) in [4.78, 5) is 11.7. The van der Waals surface area contributed by atoms with Crippen molar-refractivity contribution in [2.45, 2.75) is 51.7 Å².